The minimum Gasteiger partial charge on any atom is -0.344 e. The number of nitrogens with one attached hydrogen (secondary N) is 1. The van der Waals surface area contributed by atoms with Gasteiger partial charge in [-0.15, -0.1) is 0 Å². The summed E-state index contributed by atoms with van der Waals surface area (Å²) in [7, 11) is 0. The summed E-state index contributed by atoms with van der Waals surface area (Å²) in [6.45, 7) is 2.90. The van der Waals surface area contributed by atoms with Gasteiger partial charge in [0.25, 0.3) is 0 Å². The third-order valence-electron chi connectivity index (χ3n) is 6.47. The van der Waals surface area contributed by atoms with Crippen LogP contribution in [0, 0.1) is 0 Å². The van der Waals surface area contributed by atoms with Crippen LogP contribution >= 0.6 is 0 Å². The maximum absolute atomic E-state index is 13.0. The monoisotopic (exact) mass is 423 g/mol. The van der Waals surface area contributed by atoms with Crippen molar-refractivity contribution in [1.82, 2.24) is 14.9 Å². The zero-order valence-corrected chi connectivity index (χ0v) is 18.4. The summed E-state index contributed by atoms with van der Waals surface area (Å²) in [6.07, 6.45) is 9.14. The zero-order valence-electron chi connectivity index (χ0n) is 18.4. The minimum atomic E-state index is 0.0439. The van der Waals surface area contributed by atoms with E-state index in [1.807, 2.05) is 18.2 Å². The number of hydrogen-bond acceptors (Lipinski definition) is 3. The molecule has 0 bridgehead atoms. The van der Waals surface area contributed by atoms with Crippen LogP contribution in [0.25, 0.3) is 10.9 Å². The van der Waals surface area contributed by atoms with Crippen molar-refractivity contribution in [3.05, 3.63) is 101 Å². The lowest BCUT2D eigenvalue weighted by molar-refractivity contribution is 0.103. The third-order valence-corrected chi connectivity index (χ3v) is 6.47. The number of aryl methyl sites for hydroxylation is 2. The van der Waals surface area contributed by atoms with Gasteiger partial charge in [-0.3, -0.25) is 9.78 Å². The summed E-state index contributed by atoms with van der Waals surface area (Å²) >= 11 is 0. The molecule has 162 valence electrons. The highest BCUT2D eigenvalue weighted by Crippen LogP contribution is 2.33. The van der Waals surface area contributed by atoms with Crippen molar-refractivity contribution < 1.29 is 4.79 Å². The molecular formula is C28H29N3O. The number of rotatable bonds is 8. The Morgan fingerprint density at radius 3 is 2.69 bits per heavy atom. The van der Waals surface area contributed by atoms with Gasteiger partial charge in [0.05, 0.1) is 0 Å². The van der Waals surface area contributed by atoms with Crippen molar-refractivity contribution in [1.29, 1.82) is 0 Å². The van der Waals surface area contributed by atoms with Gasteiger partial charge >= 0.3 is 0 Å². The van der Waals surface area contributed by atoms with Gasteiger partial charge < -0.3 is 9.88 Å². The van der Waals surface area contributed by atoms with E-state index in [4.69, 9.17) is 0 Å². The third kappa shape index (κ3) is 4.23. The second kappa shape index (κ2) is 9.49. The van der Waals surface area contributed by atoms with Crippen LogP contribution < -0.4 is 5.32 Å². The van der Waals surface area contributed by atoms with Crippen molar-refractivity contribution in [3.63, 3.8) is 0 Å². The van der Waals surface area contributed by atoms with Crippen LogP contribution in [0.5, 0.6) is 0 Å². The van der Waals surface area contributed by atoms with E-state index in [2.05, 4.69) is 57.3 Å². The fourth-order valence-corrected chi connectivity index (χ4v) is 4.89. The van der Waals surface area contributed by atoms with E-state index in [0.29, 0.717) is 5.56 Å². The van der Waals surface area contributed by atoms with Gasteiger partial charge in [0.2, 0.25) is 0 Å². The highest BCUT2D eigenvalue weighted by molar-refractivity contribution is 6.10. The maximum atomic E-state index is 13.0. The first-order chi connectivity index (χ1) is 15.8. The molecule has 0 saturated heterocycles. The number of fused-ring (bicyclic) bond motifs is 3. The molecular weight excluding hydrogens is 394 g/mol. The lowest BCUT2D eigenvalue weighted by Crippen LogP contribution is -2.17. The number of ketones is 1. The smallest absolute Gasteiger partial charge is 0.194 e. The number of carbonyl (C=O) groups excluding carboxylic acids is 1. The first-order valence-corrected chi connectivity index (χ1v) is 11.6. The SMILES string of the molecule is O=C(c1cccnc1)c1ccc2c(c1)c1c(n2CCCNCc2ccccc2)CCCC1. The van der Waals surface area contributed by atoms with Crippen LogP contribution in [0.1, 0.15) is 52.0 Å². The molecule has 4 aromatic rings. The summed E-state index contributed by atoms with van der Waals surface area (Å²) in [4.78, 5) is 17.1. The molecule has 1 N–H and O–H groups in total. The Morgan fingerprint density at radius 2 is 1.84 bits per heavy atom. The highest BCUT2D eigenvalue weighted by atomic mass is 16.1. The van der Waals surface area contributed by atoms with Crippen LogP contribution in [-0.4, -0.2) is 21.9 Å². The van der Waals surface area contributed by atoms with Crippen molar-refractivity contribution in [2.75, 3.05) is 6.54 Å². The first kappa shape index (κ1) is 20.7. The molecule has 0 amide bonds. The van der Waals surface area contributed by atoms with Crippen LogP contribution in [-0.2, 0) is 25.9 Å². The highest BCUT2D eigenvalue weighted by Gasteiger charge is 2.21. The van der Waals surface area contributed by atoms with Crippen molar-refractivity contribution >= 4 is 16.7 Å². The Hall–Kier alpha value is -3.24. The Labute approximate surface area is 189 Å². The van der Waals surface area contributed by atoms with E-state index < -0.39 is 0 Å². The molecule has 1 aliphatic rings. The van der Waals surface area contributed by atoms with E-state index in [1.165, 1.54) is 40.6 Å². The normalized spacial score (nSPS) is 13.2. The lowest BCUT2D eigenvalue weighted by atomic mass is 9.94. The van der Waals surface area contributed by atoms with Gasteiger partial charge in [-0.1, -0.05) is 30.3 Å². The molecule has 0 fully saturated rings. The average Bonchev–Trinajstić information content (AvgIpc) is 3.17. The molecule has 2 aromatic heterocycles. The first-order valence-electron chi connectivity index (χ1n) is 11.6. The molecule has 1 aliphatic carbocycles. The molecule has 0 radical (unpaired) electrons. The molecule has 5 rings (SSSR count). The second-order valence-corrected chi connectivity index (χ2v) is 8.60. The van der Waals surface area contributed by atoms with Gasteiger partial charge in [0.1, 0.15) is 0 Å². The van der Waals surface area contributed by atoms with E-state index >= 15 is 0 Å². The maximum Gasteiger partial charge on any atom is 0.194 e. The van der Waals surface area contributed by atoms with E-state index in [9.17, 15) is 4.79 Å². The number of aromatic nitrogens is 2. The van der Waals surface area contributed by atoms with E-state index in [-0.39, 0.29) is 5.78 Å². The number of nitrogens with zero attached hydrogens (tertiary/aromatic N) is 2. The molecule has 0 spiro atoms. The number of benzene rings is 2. The summed E-state index contributed by atoms with van der Waals surface area (Å²) in [5.74, 6) is 0.0439. The van der Waals surface area contributed by atoms with Gasteiger partial charge in [0, 0.05) is 53.2 Å². The van der Waals surface area contributed by atoms with Crippen LogP contribution in [0.2, 0.25) is 0 Å². The molecule has 0 unspecified atom stereocenters. The summed E-state index contributed by atoms with van der Waals surface area (Å²) in [5.41, 5.74) is 6.90. The Kier molecular flexibility index (Phi) is 6.13. The van der Waals surface area contributed by atoms with Crippen molar-refractivity contribution in [2.24, 2.45) is 0 Å². The molecule has 0 saturated carbocycles. The minimum absolute atomic E-state index is 0.0439. The molecule has 0 atom stereocenters. The number of pyridine rings is 1. The number of carbonyl (C=O) groups is 1. The second-order valence-electron chi connectivity index (χ2n) is 8.60. The Balaban J connectivity index is 1.35. The Bertz CT molecular complexity index is 1210. The largest absolute Gasteiger partial charge is 0.344 e. The zero-order chi connectivity index (χ0) is 21.8. The number of hydrogen-bond donors (Lipinski definition) is 1. The Morgan fingerprint density at radius 1 is 0.969 bits per heavy atom. The summed E-state index contributed by atoms with van der Waals surface area (Å²) in [6, 6.07) is 20.4. The van der Waals surface area contributed by atoms with Crippen LogP contribution in [0.3, 0.4) is 0 Å². The predicted molar refractivity (Wildman–Crippen MR) is 129 cm³/mol. The van der Waals surface area contributed by atoms with Crippen LogP contribution in [0.15, 0.2) is 73.1 Å². The molecule has 4 heteroatoms. The molecule has 4 nitrogen and oxygen atoms in total. The van der Waals surface area contributed by atoms with E-state index in [1.54, 1.807) is 12.4 Å². The van der Waals surface area contributed by atoms with E-state index in [0.717, 1.165) is 44.5 Å². The fraction of sp³-hybridized carbons (Fsp3) is 0.286. The molecule has 32 heavy (non-hydrogen) atoms. The fourth-order valence-electron chi connectivity index (χ4n) is 4.89. The quantitative estimate of drug-likeness (QED) is 0.308. The summed E-state index contributed by atoms with van der Waals surface area (Å²) < 4.78 is 2.51. The van der Waals surface area contributed by atoms with Gasteiger partial charge in [-0.2, -0.15) is 0 Å². The molecule has 0 aliphatic heterocycles. The van der Waals surface area contributed by atoms with Crippen LogP contribution in [0.4, 0.5) is 0 Å². The van der Waals surface area contributed by atoms with Gasteiger partial charge in [-0.05, 0) is 80.1 Å². The molecule has 2 heterocycles. The van der Waals surface area contributed by atoms with Gasteiger partial charge in [-0.25, -0.2) is 0 Å². The van der Waals surface area contributed by atoms with Crippen molar-refractivity contribution in [3.8, 4) is 0 Å². The van der Waals surface area contributed by atoms with Gasteiger partial charge in [0.15, 0.2) is 5.78 Å². The predicted octanol–water partition coefficient (Wildman–Crippen LogP) is 5.33. The van der Waals surface area contributed by atoms with Crippen molar-refractivity contribution in [2.45, 2.75) is 45.2 Å². The average molecular weight is 424 g/mol. The standard InChI is InChI=1S/C28H29N3O/c32-28(23-10-6-15-30-20-23)22-13-14-27-25(18-22)24-11-4-5-12-26(24)31(27)17-7-16-29-19-21-8-2-1-3-9-21/h1-3,6,8-10,13-15,18,20,29H,4-5,7,11-12,16-17,19H2. The lowest BCUT2D eigenvalue weighted by Gasteiger charge is -2.16. The summed E-state index contributed by atoms with van der Waals surface area (Å²) in [5, 5.41) is 4.83. The topological polar surface area (TPSA) is 46.9 Å². The molecule has 2 aromatic carbocycles.